The molecule has 5 atom stereocenters. The Morgan fingerprint density at radius 3 is 2.82 bits per heavy atom. The molecule has 124 valence electrons. The van der Waals surface area contributed by atoms with Crippen LogP contribution in [0.15, 0.2) is 0 Å². The zero-order chi connectivity index (χ0) is 15.2. The molecule has 1 heterocycles. The van der Waals surface area contributed by atoms with E-state index in [0.29, 0.717) is 30.5 Å². The number of nitrogens with one attached hydrogen (secondary N) is 2. The van der Waals surface area contributed by atoms with Crippen LogP contribution in [0.25, 0.3) is 0 Å². The second kappa shape index (κ2) is 5.68. The molecular weight excluding hydrogens is 280 g/mol. The minimum Gasteiger partial charge on any atom is -0.393 e. The van der Waals surface area contributed by atoms with Crippen molar-refractivity contribution in [3.63, 3.8) is 0 Å². The fourth-order valence-corrected chi connectivity index (χ4v) is 5.33. The van der Waals surface area contributed by atoms with Gasteiger partial charge in [0.25, 0.3) is 0 Å². The molecule has 0 aromatic rings. The SMILES string of the molecule is O=C(NCC1CCCC(O)C1)NC1C2CCOC2C12CCC2. The van der Waals surface area contributed by atoms with E-state index in [0.717, 1.165) is 38.7 Å². The third-order valence-electron chi connectivity index (χ3n) is 6.63. The van der Waals surface area contributed by atoms with Gasteiger partial charge in [0.15, 0.2) is 0 Å². The van der Waals surface area contributed by atoms with Gasteiger partial charge in [0.05, 0.1) is 12.2 Å². The minimum atomic E-state index is -0.176. The number of aliphatic hydroxyl groups is 1. The lowest BCUT2D eigenvalue weighted by atomic mass is 9.46. The van der Waals surface area contributed by atoms with E-state index in [9.17, 15) is 9.90 Å². The lowest BCUT2D eigenvalue weighted by molar-refractivity contribution is -0.172. The highest BCUT2D eigenvalue weighted by atomic mass is 16.5. The Morgan fingerprint density at radius 1 is 1.23 bits per heavy atom. The second-order valence-electron chi connectivity index (χ2n) is 7.85. The van der Waals surface area contributed by atoms with Crippen LogP contribution in [-0.2, 0) is 4.74 Å². The first kappa shape index (κ1) is 14.8. The van der Waals surface area contributed by atoms with Crippen LogP contribution in [0.3, 0.4) is 0 Å². The van der Waals surface area contributed by atoms with Gasteiger partial charge in [0, 0.05) is 30.5 Å². The molecule has 0 aromatic heterocycles. The Bertz CT molecular complexity index is 438. The smallest absolute Gasteiger partial charge is 0.315 e. The van der Waals surface area contributed by atoms with Crippen LogP contribution in [0, 0.1) is 17.3 Å². The van der Waals surface area contributed by atoms with Gasteiger partial charge < -0.3 is 20.5 Å². The Kier molecular flexibility index (Phi) is 3.81. The Labute approximate surface area is 132 Å². The molecule has 5 heteroatoms. The number of aliphatic hydroxyl groups excluding tert-OH is 1. The maximum atomic E-state index is 12.3. The topological polar surface area (TPSA) is 70.6 Å². The number of fused-ring (bicyclic) bond motifs is 2. The number of rotatable bonds is 3. The molecule has 1 saturated heterocycles. The van der Waals surface area contributed by atoms with Gasteiger partial charge in [-0.2, -0.15) is 0 Å². The molecule has 1 aliphatic heterocycles. The average Bonchev–Trinajstić information content (AvgIpc) is 2.86. The minimum absolute atomic E-state index is 0.0262. The number of carbonyl (C=O) groups is 1. The van der Waals surface area contributed by atoms with Crippen molar-refractivity contribution in [3.8, 4) is 0 Å². The number of hydrogen-bond acceptors (Lipinski definition) is 3. The van der Waals surface area contributed by atoms with E-state index >= 15 is 0 Å². The molecule has 4 fully saturated rings. The molecule has 1 spiro atoms. The van der Waals surface area contributed by atoms with E-state index in [-0.39, 0.29) is 17.6 Å². The Hall–Kier alpha value is -0.810. The normalized spacial score (nSPS) is 42.1. The summed E-state index contributed by atoms with van der Waals surface area (Å²) in [6.07, 6.45) is 8.92. The van der Waals surface area contributed by atoms with Gasteiger partial charge in [-0.25, -0.2) is 4.79 Å². The number of carbonyl (C=O) groups excluding carboxylic acids is 1. The van der Waals surface area contributed by atoms with Gasteiger partial charge in [-0.15, -0.1) is 0 Å². The first-order chi connectivity index (χ1) is 10.7. The Morgan fingerprint density at radius 2 is 2.09 bits per heavy atom. The van der Waals surface area contributed by atoms with Crippen molar-refractivity contribution in [3.05, 3.63) is 0 Å². The second-order valence-corrected chi connectivity index (χ2v) is 7.85. The highest BCUT2D eigenvalue weighted by Gasteiger charge is 2.66. The van der Waals surface area contributed by atoms with Gasteiger partial charge in [-0.1, -0.05) is 12.8 Å². The third-order valence-corrected chi connectivity index (χ3v) is 6.63. The van der Waals surface area contributed by atoms with E-state index in [1.807, 2.05) is 0 Å². The highest BCUT2D eigenvalue weighted by Crippen LogP contribution is 2.62. The van der Waals surface area contributed by atoms with Gasteiger partial charge in [0.1, 0.15) is 0 Å². The molecule has 22 heavy (non-hydrogen) atoms. The van der Waals surface area contributed by atoms with E-state index in [1.54, 1.807) is 0 Å². The molecule has 3 aliphatic carbocycles. The molecular formula is C17H28N2O3. The van der Waals surface area contributed by atoms with Crippen LogP contribution >= 0.6 is 0 Å². The summed E-state index contributed by atoms with van der Waals surface area (Å²) in [7, 11) is 0. The lowest BCUT2D eigenvalue weighted by Crippen LogP contribution is -2.72. The fourth-order valence-electron chi connectivity index (χ4n) is 5.33. The summed E-state index contributed by atoms with van der Waals surface area (Å²) in [5.74, 6) is 0.957. The van der Waals surface area contributed by atoms with Gasteiger partial charge in [0.2, 0.25) is 0 Å². The van der Waals surface area contributed by atoms with Gasteiger partial charge in [-0.05, 0) is 44.4 Å². The molecule has 0 bridgehead atoms. The standard InChI is InChI=1S/C17H28N2O3/c20-12-4-1-3-11(9-12)10-18-16(21)19-14-13-5-8-22-15(13)17(14)6-2-7-17/h11-15,20H,1-10H2,(H2,18,19,21). The van der Waals surface area contributed by atoms with E-state index in [4.69, 9.17) is 4.74 Å². The molecule has 0 aromatic carbocycles. The zero-order valence-corrected chi connectivity index (χ0v) is 13.2. The van der Waals surface area contributed by atoms with Crippen LogP contribution in [-0.4, -0.2) is 42.5 Å². The molecule has 4 aliphatic rings. The summed E-state index contributed by atoms with van der Waals surface area (Å²) in [5.41, 5.74) is 0.250. The number of amides is 2. The lowest BCUT2D eigenvalue weighted by Gasteiger charge is -2.63. The van der Waals surface area contributed by atoms with Crippen molar-refractivity contribution in [1.82, 2.24) is 10.6 Å². The van der Waals surface area contributed by atoms with Crippen molar-refractivity contribution in [2.75, 3.05) is 13.2 Å². The van der Waals surface area contributed by atoms with Crippen molar-refractivity contribution >= 4 is 6.03 Å². The van der Waals surface area contributed by atoms with E-state index < -0.39 is 0 Å². The maximum Gasteiger partial charge on any atom is 0.315 e. The van der Waals surface area contributed by atoms with Crippen LogP contribution in [0.1, 0.15) is 51.4 Å². The summed E-state index contributed by atoms with van der Waals surface area (Å²) in [5, 5.41) is 16.0. The quantitative estimate of drug-likeness (QED) is 0.744. The predicted molar refractivity (Wildman–Crippen MR) is 82.4 cm³/mol. The molecule has 2 amide bonds. The first-order valence-corrected chi connectivity index (χ1v) is 9.03. The van der Waals surface area contributed by atoms with Crippen molar-refractivity contribution < 1.29 is 14.6 Å². The summed E-state index contributed by atoms with van der Waals surface area (Å²) < 4.78 is 5.89. The Balaban J connectivity index is 1.27. The van der Waals surface area contributed by atoms with Crippen LogP contribution in [0.5, 0.6) is 0 Å². The number of hydrogen-bond donors (Lipinski definition) is 3. The van der Waals surface area contributed by atoms with Gasteiger partial charge >= 0.3 is 6.03 Å². The molecule has 3 saturated carbocycles. The van der Waals surface area contributed by atoms with Crippen molar-refractivity contribution in [2.24, 2.45) is 17.3 Å². The average molecular weight is 308 g/mol. The van der Waals surface area contributed by atoms with E-state index in [2.05, 4.69) is 10.6 Å². The van der Waals surface area contributed by atoms with E-state index in [1.165, 1.54) is 19.3 Å². The van der Waals surface area contributed by atoms with Crippen molar-refractivity contribution in [1.29, 1.82) is 0 Å². The summed E-state index contributed by atoms with van der Waals surface area (Å²) in [6, 6.07) is 0.285. The molecule has 0 radical (unpaired) electrons. The number of ether oxygens (including phenoxy) is 1. The predicted octanol–water partition coefficient (Wildman–Crippen LogP) is 1.79. The van der Waals surface area contributed by atoms with Crippen LogP contribution in [0.2, 0.25) is 0 Å². The zero-order valence-electron chi connectivity index (χ0n) is 13.2. The first-order valence-electron chi connectivity index (χ1n) is 9.03. The molecule has 4 rings (SSSR count). The maximum absolute atomic E-state index is 12.3. The molecule has 5 unspecified atom stereocenters. The largest absolute Gasteiger partial charge is 0.393 e. The molecule has 5 nitrogen and oxygen atoms in total. The summed E-state index contributed by atoms with van der Waals surface area (Å²) in [6.45, 7) is 1.55. The monoisotopic (exact) mass is 308 g/mol. The summed E-state index contributed by atoms with van der Waals surface area (Å²) >= 11 is 0. The van der Waals surface area contributed by atoms with Crippen LogP contribution in [0.4, 0.5) is 4.79 Å². The fraction of sp³-hybridized carbons (Fsp3) is 0.941. The third kappa shape index (κ3) is 2.33. The van der Waals surface area contributed by atoms with Crippen LogP contribution < -0.4 is 10.6 Å². The summed E-state index contributed by atoms with van der Waals surface area (Å²) in [4.78, 5) is 12.3. The molecule has 3 N–H and O–H groups in total. The number of urea groups is 1. The van der Waals surface area contributed by atoms with Crippen molar-refractivity contribution in [2.45, 2.75) is 69.6 Å². The van der Waals surface area contributed by atoms with Gasteiger partial charge in [-0.3, -0.25) is 0 Å². The highest BCUT2D eigenvalue weighted by molar-refractivity contribution is 5.74.